The lowest BCUT2D eigenvalue weighted by Gasteiger charge is -2.10. The van der Waals surface area contributed by atoms with Crippen molar-refractivity contribution < 1.29 is 23.5 Å². The number of carbonyl (C=O) groups is 3. The van der Waals surface area contributed by atoms with Gasteiger partial charge < -0.3 is 14.5 Å². The summed E-state index contributed by atoms with van der Waals surface area (Å²) in [4.78, 5) is 35.1. The van der Waals surface area contributed by atoms with Crippen molar-refractivity contribution in [1.82, 2.24) is 10.6 Å². The highest BCUT2D eigenvalue weighted by atomic mass is 16.5. The van der Waals surface area contributed by atoms with Crippen LogP contribution >= 0.6 is 0 Å². The summed E-state index contributed by atoms with van der Waals surface area (Å²) in [6, 6.07) is 3.27. The predicted octanol–water partition coefficient (Wildman–Crippen LogP) is 3.18. The first-order valence-electron chi connectivity index (χ1n) is 8.94. The van der Waals surface area contributed by atoms with Crippen LogP contribution in [0.4, 0.5) is 4.79 Å². The van der Waals surface area contributed by atoms with Gasteiger partial charge in [0.25, 0.3) is 5.91 Å². The quantitative estimate of drug-likeness (QED) is 0.757. The molecule has 1 aromatic heterocycles. The zero-order chi connectivity index (χ0) is 20.1. The van der Waals surface area contributed by atoms with Crippen molar-refractivity contribution in [2.45, 2.75) is 53.0 Å². The Bertz CT molecular complexity index is 851. The molecule has 0 aliphatic carbocycles. The van der Waals surface area contributed by atoms with Gasteiger partial charge in [0.15, 0.2) is 6.61 Å². The van der Waals surface area contributed by atoms with Crippen molar-refractivity contribution in [3.05, 3.63) is 35.1 Å². The van der Waals surface area contributed by atoms with Gasteiger partial charge in [-0.2, -0.15) is 0 Å². The Morgan fingerprint density at radius 2 is 1.85 bits per heavy atom. The number of amides is 3. The molecule has 0 radical (unpaired) electrons. The largest absolute Gasteiger partial charge is 0.464 e. The fourth-order valence-electron chi connectivity index (χ4n) is 2.82. The Morgan fingerprint density at radius 3 is 2.48 bits per heavy atom. The van der Waals surface area contributed by atoms with Crippen LogP contribution in [-0.2, 0) is 20.7 Å². The van der Waals surface area contributed by atoms with E-state index in [1.807, 2.05) is 19.1 Å². The molecule has 3 amide bonds. The molecule has 0 aliphatic rings. The first-order chi connectivity index (χ1) is 12.7. The van der Waals surface area contributed by atoms with E-state index in [1.54, 1.807) is 13.8 Å². The molecule has 0 saturated heterocycles. The van der Waals surface area contributed by atoms with Crippen LogP contribution in [0.2, 0.25) is 0 Å². The van der Waals surface area contributed by atoms with E-state index in [9.17, 15) is 14.4 Å². The number of ether oxygens (including phenoxy) is 1. The second-order valence-electron chi connectivity index (χ2n) is 7.13. The number of esters is 1. The number of hydrogen-bond acceptors (Lipinski definition) is 5. The van der Waals surface area contributed by atoms with E-state index >= 15 is 0 Å². The molecular formula is C20H26N2O5. The van der Waals surface area contributed by atoms with E-state index in [2.05, 4.69) is 24.5 Å². The maximum absolute atomic E-state index is 12.1. The molecule has 1 aromatic carbocycles. The van der Waals surface area contributed by atoms with Gasteiger partial charge in [0.2, 0.25) is 0 Å². The maximum Gasteiger partial charge on any atom is 0.321 e. The maximum atomic E-state index is 12.1. The van der Waals surface area contributed by atoms with Gasteiger partial charge in [0.1, 0.15) is 5.58 Å². The minimum atomic E-state index is -0.684. The van der Waals surface area contributed by atoms with Crippen LogP contribution in [0.25, 0.3) is 11.0 Å². The number of rotatable bonds is 6. The van der Waals surface area contributed by atoms with Crippen molar-refractivity contribution >= 4 is 28.9 Å². The van der Waals surface area contributed by atoms with Crippen molar-refractivity contribution in [3.63, 3.8) is 0 Å². The van der Waals surface area contributed by atoms with Crippen LogP contribution in [0.15, 0.2) is 22.8 Å². The molecule has 7 nitrogen and oxygen atoms in total. The number of urea groups is 1. The standard InChI is InChI=1S/C20H26N2O5/c1-11(2)15-8-16-14(9-26-17(16)6-13(15)5)7-19(24)27-10-18(23)22-20(25)21-12(3)4/h6,8-9,11-12H,7,10H2,1-5H3,(H2,21,22,23,25). The lowest BCUT2D eigenvalue weighted by atomic mass is 9.95. The Hall–Kier alpha value is -2.83. The van der Waals surface area contributed by atoms with Crippen LogP contribution in [0.5, 0.6) is 0 Å². The molecule has 0 fully saturated rings. The summed E-state index contributed by atoms with van der Waals surface area (Å²) in [5.74, 6) is -0.898. The third-order valence-corrected chi connectivity index (χ3v) is 4.04. The number of benzene rings is 1. The van der Waals surface area contributed by atoms with E-state index in [0.29, 0.717) is 17.1 Å². The normalized spacial score (nSPS) is 11.1. The first-order valence-corrected chi connectivity index (χ1v) is 8.94. The predicted molar refractivity (Wildman–Crippen MR) is 102 cm³/mol. The highest BCUT2D eigenvalue weighted by Crippen LogP contribution is 2.29. The Labute approximate surface area is 158 Å². The van der Waals surface area contributed by atoms with Crippen molar-refractivity contribution in [2.24, 2.45) is 0 Å². The van der Waals surface area contributed by atoms with Gasteiger partial charge in [-0.05, 0) is 49.9 Å². The summed E-state index contributed by atoms with van der Waals surface area (Å²) in [6.07, 6.45) is 1.52. The number of fused-ring (bicyclic) bond motifs is 1. The minimum absolute atomic E-state index is 0.0148. The SMILES string of the molecule is Cc1cc2occ(CC(=O)OCC(=O)NC(=O)NC(C)C)c2cc1C(C)C. The van der Waals surface area contributed by atoms with E-state index in [1.165, 1.54) is 11.8 Å². The van der Waals surface area contributed by atoms with Crippen LogP contribution in [0, 0.1) is 6.92 Å². The Morgan fingerprint density at radius 1 is 1.15 bits per heavy atom. The molecule has 2 N–H and O–H groups in total. The Kier molecular flexibility index (Phi) is 6.60. The van der Waals surface area contributed by atoms with Gasteiger partial charge in [0, 0.05) is 17.0 Å². The van der Waals surface area contributed by atoms with E-state index < -0.39 is 24.5 Å². The van der Waals surface area contributed by atoms with Gasteiger partial charge in [-0.25, -0.2) is 4.79 Å². The highest BCUT2D eigenvalue weighted by molar-refractivity contribution is 5.96. The third kappa shape index (κ3) is 5.57. The average molecular weight is 374 g/mol. The lowest BCUT2D eigenvalue weighted by molar-refractivity contribution is -0.147. The molecule has 0 unspecified atom stereocenters. The van der Waals surface area contributed by atoms with Crippen LogP contribution < -0.4 is 10.6 Å². The summed E-state index contributed by atoms with van der Waals surface area (Å²) < 4.78 is 10.5. The van der Waals surface area contributed by atoms with Gasteiger partial charge in [-0.15, -0.1) is 0 Å². The number of hydrogen-bond donors (Lipinski definition) is 2. The molecule has 7 heteroatoms. The fourth-order valence-corrected chi connectivity index (χ4v) is 2.82. The second-order valence-corrected chi connectivity index (χ2v) is 7.13. The van der Waals surface area contributed by atoms with Crippen LogP contribution in [-0.4, -0.2) is 30.6 Å². The molecular weight excluding hydrogens is 348 g/mol. The zero-order valence-corrected chi connectivity index (χ0v) is 16.3. The van der Waals surface area contributed by atoms with Gasteiger partial charge >= 0.3 is 12.0 Å². The number of carbonyl (C=O) groups excluding carboxylic acids is 3. The average Bonchev–Trinajstić information content (AvgIpc) is 2.92. The molecule has 1 heterocycles. The number of aryl methyl sites for hydroxylation is 1. The van der Waals surface area contributed by atoms with E-state index in [-0.39, 0.29) is 12.5 Å². The van der Waals surface area contributed by atoms with Gasteiger partial charge in [-0.1, -0.05) is 13.8 Å². The van der Waals surface area contributed by atoms with Crippen LogP contribution in [0.1, 0.15) is 50.3 Å². The smallest absolute Gasteiger partial charge is 0.321 e. The van der Waals surface area contributed by atoms with E-state index in [0.717, 1.165) is 10.9 Å². The fraction of sp³-hybridized carbons (Fsp3) is 0.450. The molecule has 2 aromatic rings. The monoisotopic (exact) mass is 374 g/mol. The molecule has 0 aliphatic heterocycles. The second kappa shape index (κ2) is 8.70. The van der Waals surface area contributed by atoms with Crippen molar-refractivity contribution in [2.75, 3.05) is 6.61 Å². The van der Waals surface area contributed by atoms with Gasteiger partial charge in [0.05, 0.1) is 12.7 Å². The molecule has 27 heavy (non-hydrogen) atoms. The summed E-state index contributed by atoms with van der Waals surface area (Å²) in [7, 11) is 0. The highest BCUT2D eigenvalue weighted by Gasteiger charge is 2.16. The van der Waals surface area contributed by atoms with Crippen LogP contribution in [0.3, 0.4) is 0 Å². The third-order valence-electron chi connectivity index (χ3n) is 4.04. The lowest BCUT2D eigenvalue weighted by Crippen LogP contribution is -2.44. The van der Waals surface area contributed by atoms with Crippen molar-refractivity contribution in [3.8, 4) is 0 Å². The number of nitrogens with one attached hydrogen (secondary N) is 2. The van der Waals surface area contributed by atoms with Gasteiger partial charge in [-0.3, -0.25) is 14.9 Å². The molecule has 0 atom stereocenters. The van der Waals surface area contributed by atoms with E-state index in [4.69, 9.17) is 9.15 Å². The number of furan rings is 1. The first kappa shape index (κ1) is 20.5. The topological polar surface area (TPSA) is 97.6 Å². The molecule has 2 rings (SSSR count). The molecule has 0 spiro atoms. The Balaban J connectivity index is 1.97. The number of imide groups is 1. The minimum Gasteiger partial charge on any atom is -0.464 e. The summed E-state index contributed by atoms with van der Waals surface area (Å²) in [5.41, 5.74) is 3.74. The molecule has 0 saturated carbocycles. The van der Waals surface area contributed by atoms with Crippen molar-refractivity contribution in [1.29, 1.82) is 0 Å². The molecule has 0 bridgehead atoms. The zero-order valence-electron chi connectivity index (χ0n) is 16.3. The summed E-state index contributed by atoms with van der Waals surface area (Å²) >= 11 is 0. The molecule has 146 valence electrons. The summed E-state index contributed by atoms with van der Waals surface area (Å²) in [6.45, 7) is 9.26. The summed E-state index contributed by atoms with van der Waals surface area (Å²) in [5, 5.41) is 5.47.